The molecule has 2 rings (SSSR count). The van der Waals surface area contributed by atoms with Crippen LogP contribution >= 0.6 is 0 Å². The van der Waals surface area contributed by atoms with Crippen molar-refractivity contribution < 1.29 is 14.3 Å². The number of rotatable bonds is 2. The van der Waals surface area contributed by atoms with E-state index in [1.165, 1.54) is 0 Å². The van der Waals surface area contributed by atoms with Gasteiger partial charge in [-0.1, -0.05) is 0 Å². The van der Waals surface area contributed by atoms with Crippen LogP contribution in [-0.4, -0.2) is 46.6 Å². The summed E-state index contributed by atoms with van der Waals surface area (Å²) >= 11 is 0. The average Bonchev–Trinajstić information content (AvgIpc) is 2.82. The van der Waals surface area contributed by atoms with Crippen LogP contribution in [0.5, 0.6) is 0 Å². The van der Waals surface area contributed by atoms with E-state index in [-0.39, 0.29) is 11.9 Å². The van der Waals surface area contributed by atoms with Crippen molar-refractivity contribution >= 4 is 12.0 Å². The Hall–Kier alpha value is -1.98. The van der Waals surface area contributed by atoms with Gasteiger partial charge in [0.05, 0.1) is 5.56 Å². The lowest BCUT2D eigenvalue weighted by Crippen LogP contribution is -2.50. The molecule has 2 N–H and O–H groups in total. The van der Waals surface area contributed by atoms with Crippen LogP contribution in [0.25, 0.3) is 0 Å². The van der Waals surface area contributed by atoms with Gasteiger partial charge in [0.1, 0.15) is 5.60 Å². The number of H-pyrrole nitrogens is 1. The average molecular weight is 307 g/mol. The van der Waals surface area contributed by atoms with Crippen molar-refractivity contribution in [1.29, 1.82) is 0 Å². The van der Waals surface area contributed by atoms with Crippen LogP contribution in [0.15, 0.2) is 12.3 Å². The molecule has 0 aliphatic carbocycles. The summed E-state index contributed by atoms with van der Waals surface area (Å²) in [5.41, 5.74) is 1.04. The van der Waals surface area contributed by atoms with Gasteiger partial charge in [-0.15, -0.1) is 0 Å². The molecule has 1 aliphatic heterocycles. The molecule has 2 heterocycles. The van der Waals surface area contributed by atoms with Crippen molar-refractivity contribution in [2.75, 3.05) is 13.1 Å². The topological polar surface area (TPSA) is 74.4 Å². The Morgan fingerprint density at radius 3 is 2.73 bits per heavy atom. The molecule has 1 aliphatic rings. The summed E-state index contributed by atoms with van der Waals surface area (Å²) in [6.07, 6.45) is 3.07. The predicted molar refractivity (Wildman–Crippen MR) is 83.8 cm³/mol. The molecule has 6 heteroatoms. The Morgan fingerprint density at radius 1 is 1.41 bits per heavy atom. The maximum Gasteiger partial charge on any atom is 0.407 e. The highest BCUT2D eigenvalue weighted by Crippen LogP contribution is 2.16. The number of nitrogens with zero attached hydrogens (tertiary/aromatic N) is 1. The lowest BCUT2D eigenvalue weighted by Gasteiger charge is -2.33. The van der Waals surface area contributed by atoms with Gasteiger partial charge in [0.25, 0.3) is 5.91 Å². The summed E-state index contributed by atoms with van der Waals surface area (Å²) in [4.78, 5) is 29.2. The van der Waals surface area contributed by atoms with Crippen LogP contribution in [0, 0.1) is 6.92 Å². The molecule has 1 saturated heterocycles. The number of aromatic nitrogens is 1. The first-order valence-corrected chi connectivity index (χ1v) is 7.69. The first-order valence-electron chi connectivity index (χ1n) is 7.69. The number of likely N-dealkylation sites (tertiary alicyclic amines) is 1. The zero-order chi connectivity index (χ0) is 16.3. The van der Waals surface area contributed by atoms with Crippen molar-refractivity contribution in [3.63, 3.8) is 0 Å². The molecule has 122 valence electrons. The van der Waals surface area contributed by atoms with Crippen molar-refractivity contribution in [2.45, 2.75) is 52.2 Å². The van der Waals surface area contributed by atoms with Gasteiger partial charge in [0, 0.05) is 31.0 Å². The highest BCUT2D eigenvalue weighted by atomic mass is 16.6. The third-order valence-corrected chi connectivity index (χ3v) is 3.61. The molecule has 0 unspecified atom stereocenters. The number of ether oxygens (including phenoxy) is 1. The summed E-state index contributed by atoms with van der Waals surface area (Å²) in [5, 5.41) is 2.86. The van der Waals surface area contributed by atoms with Crippen LogP contribution in [0.1, 0.15) is 49.7 Å². The molecule has 1 fully saturated rings. The van der Waals surface area contributed by atoms with Gasteiger partial charge in [-0.3, -0.25) is 4.79 Å². The number of alkyl carbamates (subject to hydrolysis) is 1. The summed E-state index contributed by atoms with van der Waals surface area (Å²) in [7, 11) is 0. The molecule has 6 nitrogen and oxygen atoms in total. The fourth-order valence-corrected chi connectivity index (χ4v) is 2.61. The zero-order valence-electron chi connectivity index (χ0n) is 13.7. The Labute approximate surface area is 131 Å². The lowest BCUT2D eigenvalue weighted by atomic mass is 10.0. The second-order valence-electron chi connectivity index (χ2n) is 6.75. The van der Waals surface area contributed by atoms with Crippen molar-refractivity contribution in [3.05, 3.63) is 23.5 Å². The van der Waals surface area contributed by atoms with E-state index in [4.69, 9.17) is 4.74 Å². The molecule has 2 amide bonds. The first kappa shape index (κ1) is 16.4. The fraction of sp³-hybridized carbons (Fsp3) is 0.625. The van der Waals surface area contributed by atoms with Gasteiger partial charge in [-0.25, -0.2) is 4.79 Å². The van der Waals surface area contributed by atoms with Gasteiger partial charge in [0.2, 0.25) is 0 Å². The monoisotopic (exact) mass is 307 g/mol. The molecular weight excluding hydrogens is 282 g/mol. The van der Waals surface area contributed by atoms with Gasteiger partial charge in [-0.05, 0) is 46.6 Å². The lowest BCUT2D eigenvalue weighted by molar-refractivity contribution is 0.0452. The number of aryl methyl sites for hydroxylation is 1. The largest absolute Gasteiger partial charge is 0.444 e. The van der Waals surface area contributed by atoms with Crippen molar-refractivity contribution in [2.24, 2.45) is 0 Å². The van der Waals surface area contributed by atoms with E-state index < -0.39 is 11.7 Å². The molecule has 1 atom stereocenters. The summed E-state index contributed by atoms with van der Waals surface area (Å²) in [6.45, 7) is 8.61. The van der Waals surface area contributed by atoms with E-state index >= 15 is 0 Å². The standard InChI is InChI=1S/C16H25N3O3/c1-11-13(7-8-17-11)14(20)19-9-5-6-12(10-19)18-15(21)22-16(2,3)4/h7-8,12,17H,5-6,9-10H2,1-4H3,(H,18,21)/t12-/m1/s1. The van der Waals surface area contributed by atoms with E-state index in [1.807, 2.05) is 27.7 Å². The minimum absolute atomic E-state index is 0.00874. The van der Waals surface area contributed by atoms with Gasteiger partial charge in [-0.2, -0.15) is 0 Å². The van der Waals surface area contributed by atoms with Gasteiger partial charge >= 0.3 is 6.09 Å². The normalized spacial score (nSPS) is 18.9. The highest BCUT2D eigenvalue weighted by molar-refractivity contribution is 5.95. The number of hydrogen-bond acceptors (Lipinski definition) is 3. The second kappa shape index (κ2) is 6.42. The second-order valence-corrected chi connectivity index (χ2v) is 6.75. The minimum atomic E-state index is -0.517. The number of carbonyl (C=O) groups excluding carboxylic acids is 2. The number of hydrogen-bond donors (Lipinski definition) is 2. The van der Waals surface area contributed by atoms with Crippen LogP contribution in [-0.2, 0) is 4.74 Å². The summed E-state index contributed by atoms with van der Waals surface area (Å²) in [5.74, 6) is 0.00874. The van der Waals surface area contributed by atoms with Gasteiger partial charge < -0.3 is 19.9 Å². The minimum Gasteiger partial charge on any atom is -0.444 e. The van der Waals surface area contributed by atoms with Crippen molar-refractivity contribution in [1.82, 2.24) is 15.2 Å². The zero-order valence-corrected chi connectivity index (χ0v) is 13.7. The van der Waals surface area contributed by atoms with Crippen LogP contribution < -0.4 is 5.32 Å². The Morgan fingerprint density at radius 2 is 2.14 bits per heavy atom. The number of piperidine rings is 1. The smallest absolute Gasteiger partial charge is 0.407 e. The van der Waals surface area contributed by atoms with Crippen LogP contribution in [0.3, 0.4) is 0 Å². The van der Waals surface area contributed by atoms with E-state index in [1.54, 1.807) is 17.2 Å². The Balaban J connectivity index is 1.93. The molecule has 0 saturated carbocycles. The predicted octanol–water partition coefficient (Wildman–Crippen LogP) is 2.45. The van der Waals surface area contributed by atoms with E-state index in [9.17, 15) is 9.59 Å². The van der Waals surface area contributed by atoms with Crippen LogP contribution in [0.2, 0.25) is 0 Å². The van der Waals surface area contributed by atoms with E-state index in [2.05, 4.69) is 10.3 Å². The molecular formula is C16H25N3O3. The maximum absolute atomic E-state index is 12.5. The quantitative estimate of drug-likeness (QED) is 0.881. The molecule has 22 heavy (non-hydrogen) atoms. The highest BCUT2D eigenvalue weighted by Gasteiger charge is 2.27. The van der Waals surface area contributed by atoms with Crippen molar-refractivity contribution in [3.8, 4) is 0 Å². The molecule has 0 radical (unpaired) electrons. The molecule has 0 bridgehead atoms. The number of amides is 2. The summed E-state index contributed by atoms with van der Waals surface area (Å²) < 4.78 is 5.27. The Bertz CT molecular complexity index is 545. The molecule has 0 aromatic carbocycles. The number of nitrogens with one attached hydrogen (secondary N) is 2. The third-order valence-electron chi connectivity index (χ3n) is 3.61. The molecule has 1 aromatic heterocycles. The SMILES string of the molecule is Cc1[nH]ccc1C(=O)N1CCC[C@@H](NC(=O)OC(C)(C)C)C1. The molecule has 1 aromatic rings. The van der Waals surface area contributed by atoms with E-state index in [0.717, 1.165) is 25.1 Å². The third kappa shape index (κ3) is 4.26. The maximum atomic E-state index is 12.5. The molecule has 0 spiro atoms. The van der Waals surface area contributed by atoms with Crippen LogP contribution in [0.4, 0.5) is 4.79 Å². The Kier molecular flexibility index (Phi) is 4.78. The number of carbonyl (C=O) groups is 2. The van der Waals surface area contributed by atoms with Gasteiger partial charge in [0.15, 0.2) is 0 Å². The fourth-order valence-electron chi connectivity index (χ4n) is 2.61. The first-order chi connectivity index (χ1) is 10.3. The summed E-state index contributed by atoms with van der Waals surface area (Å²) in [6, 6.07) is 1.73. The van der Waals surface area contributed by atoms with E-state index in [0.29, 0.717) is 12.1 Å². The number of aromatic amines is 1.